The van der Waals surface area contributed by atoms with Gasteiger partial charge in [-0.2, -0.15) is 0 Å². The summed E-state index contributed by atoms with van der Waals surface area (Å²) in [6, 6.07) is 10.5. The van der Waals surface area contributed by atoms with Gasteiger partial charge >= 0.3 is 0 Å². The lowest BCUT2D eigenvalue weighted by atomic mass is 9.87. The van der Waals surface area contributed by atoms with Crippen LogP contribution in [0.3, 0.4) is 0 Å². The smallest absolute Gasteiger partial charge is 0.237 e. The van der Waals surface area contributed by atoms with Gasteiger partial charge in [-0.3, -0.25) is 9.69 Å². The molecule has 4 heteroatoms. The van der Waals surface area contributed by atoms with Crippen LogP contribution in [0.2, 0.25) is 0 Å². The Morgan fingerprint density at radius 1 is 1.36 bits per heavy atom. The summed E-state index contributed by atoms with van der Waals surface area (Å²) in [5.41, 5.74) is 7.13. The van der Waals surface area contributed by atoms with Crippen molar-refractivity contribution < 1.29 is 4.79 Å². The number of hydrogen-bond acceptors (Lipinski definition) is 3. The molecule has 1 unspecified atom stereocenters. The van der Waals surface area contributed by atoms with Crippen LogP contribution in [0.4, 0.5) is 0 Å². The summed E-state index contributed by atoms with van der Waals surface area (Å²) in [7, 11) is 0. The quantitative estimate of drug-likeness (QED) is 0.876. The van der Waals surface area contributed by atoms with Crippen LogP contribution in [0.15, 0.2) is 30.3 Å². The number of hydrogen-bond donors (Lipinski definition) is 2. The fourth-order valence-corrected chi connectivity index (χ4v) is 2.87. The highest BCUT2D eigenvalue weighted by molar-refractivity contribution is 5.82. The number of rotatable bonds is 5. The van der Waals surface area contributed by atoms with E-state index in [1.165, 1.54) is 12.0 Å². The molecule has 1 aromatic carbocycles. The molecule has 1 aliphatic heterocycles. The van der Waals surface area contributed by atoms with E-state index in [-0.39, 0.29) is 11.3 Å². The Morgan fingerprint density at radius 3 is 2.68 bits per heavy atom. The average Bonchev–Trinajstić information content (AvgIpc) is 2.91. The van der Waals surface area contributed by atoms with Crippen LogP contribution in [-0.2, 0) is 11.3 Å². The van der Waals surface area contributed by atoms with Crippen molar-refractivity contribution in [2.45, 2.75) is 52.2 Å². The summed E-state index contributed by atoms with van der Waals surface area (Å²) in [5.74, 6) is -0.0425. The lowest BCUT2D eigenvalue weighted by Gasteiger charge is -2.28. The van der Waals surface area contributed by atoms with E-state index >= 15 is 0 Å². The highest BCUT2D eigenvalue weighted by Crippen LogP contribution is 2.20. The van der Waals surface area contributed by atoms with Crippen molar-refractivity contribution in [2.75, 3.05) is 13.1 Å². The molecular formula is C18H29N3O. The molecule has 122 valence electrons. The predicted molar refractivity (Wildman–Crippen MR) is 90.3 cm³/mol. The summed E-state index contributed by atoms with van der Waals surface area (Å²) in [4.78, 5) is 14.6. The maximum Gasteiger partial charge on any atom is 0.237 e. The third kappa shape index (κ3) is 4.55. The van der Waals surface area contributed by atoms with E-state index in [4.69, 9.17) is 5.73 Å². The molecule has 1 saturated heterocycles. The van der Waals surface area contributed by atoms with Gasteiger partial charge < -0.3 is 11.1 Å². The second-order valence-electron chi connectivity index (χ2n) is 7.34. The van der Waals surface area contributed by atoms with E-state index in [0.29, 0.717) is 12.6 Å². The maximum atomic E-state index is 12.2. The molecule has 2 atom stereocenters. The summed E-state index contributed by atoms with van der Waals surface area (Å²) in [5, 5.41) is 3.04. The Bertz CT molecular complexity index is 481. The fourth-order valence-electron chi connectivity index (χ4n) is 2.87. The van der Waals surface area contributed by atoms with Crippen molar-refractivity contribution in [1.82, 2.24) is 10.2 Å². The number of nitrogens with zero attached hydrogens (tertiary/aromatic N) is 1. The van der Waals surface area contributed by atoms with Gasteiger partial charge in [-0.05, 0) is 30.4 Å². The first-order chi connectivity index (χ1) is 10.4. The van der Waals surface area contributed by atoms with Crippen LogP contribution < -0.4 is 11.1 Å². The van der Waals surface area contributed by atoms with E-state index < -0.39 is 6.04 Å². The molecule has 0 bridgehead atoms. The van der Waals surface area contributed by atoms with Crippen LogP contribution in [0.1, 0.15) is 39.2 Å². The summed E-state index contributed by atoms with van der Waals surface area (Å²) < 4.78 is 0. The second-order valence-corrected chi connectivity index (χ2v) is 7.34. The zero-order chi connectivity index (χ0) is 16.2. The molecule has 0 spiro atoms. The minimum absolute atomic E-state index is 0.0425. The molecule has 0 aromatic heterocycles. The molecule has 4 nitrogen and oxygen atoms in total. The van der Waals surface area contributed by atoms with Crippen LogP contribution in [0.25, 0.3) is 0 Å². The predicted octanol–water partition coefficient (Wildman–Crippen LogP) is 2.14. The standard InChI is InChI=1S/C18H29N3O/c1-18(2,3)16(19)17(22)20-12-15-10-7-11-21(15)13-14-8-5-4-6-9-14/h4-6,8-9,15-16H,7,10-13,19H2,1-3H3,(H,20,22)/t15?,16-/m1/s1. The van der Waals surface area contributed by atoms with Crippen molar-refractivity contribution in [3.63, 3.8) is 0 Å². The maximum absolute atomic E-state index is 12.2. The number of likely N-dealkylation sites (tertiary alicyclic amines) is 1. The third-order valence-electron chi connectivity index (χ3n) is 4.45. The Morgan fingerprint density at radius 2 is 2.05 bits per heavy atom. The van der Waals surface area contributed by atoms with E-state index in [2.05, 4.69) is 34.5 Å². The Hall–Kier alpha value is -1.39. The third-order valence-corrected chi connectivity index (χ3v) is 4.45. The van der Waals surface area contributed by atoms with Crippen molar-refractivity contribution >= 4 is 5.91 Å². The molecule has 1 aliphatic rings. The highest BCUT2D eigenvalue weighted by Gasteiger charge is 2.29. The molecule has 0 saturated carbocycles. The fraction of sp³-hybridized carbons (Fsp3) is 0.611. The number of amides is 1. The Labute approximate surface area is 134 Å². The first-order valence-electron chi connectivity index (χ1n) is 8.19. The van der Waals surface area contributed by atoms with Crippen LogP contribution in [0.5, 0.6) is 0 Å². The molecule has 3 N–H and O–H groups in total. The van der Waals surface area contributed by atoms with Gasteiger partial charge in [-0.1, -0.05) is 51.1 Å². The molecule has 1 heterocycles. The van der Waals surface area contributed by atoms with Gasteiger partial charge in [-0.15, -0.1) is 0 Å². The summed E-state index contributed by atoms with van der Waals surface area (Å²) in [6.45, 7) is 8.72. The zero-order valence-corrected chi connectivity index (χ0v) is 14.0. The molecule has 1 amide bonds. The number of nitrogens with two attached hydrogens (primary N) is 1. The minimum Gasteiger partial charge on any atom is -0.353 e. The van der Waals surface area contributed by atoms with Gasteiger partial charge in [-0.25, -0.2) is 0 Å². The van der Waals surface area contributed by atoms with Gasteiger partial charge in [0.05, 0.1) is 6.04 Å². The van der Waals surface area contributed by atoms with E-state index in [1.54, 1.807) is 0 Å². The van der Waals surface area contributed by atoms with Crippen molar-refractivity contribution in [3.05, 3.63) is 35.9 Å². The number of benzene rings is 1. The number of carbonyl (C=O) groups is 1. The van der Waals surface area contributed by atoms with Gasteiger partial charge in [0.1, 0.15) is 0 Å². The average molecular weight is 303 g/mol. The van der Waals surface area contributed by atoms with Gasteiger partial charge in [0.2, 0.25) is 5.91 Å². The van der Waals surface area contributed by atoms with Crippen molar-refractivity contribution in [3.8, 4) is 0 Å². The van der Waals surface area contributed by atoms with E-state index in [1.807, 2.05) is 26.8 Å². The summed E-state index contributed by atoms with van der Waals surface area (Å²) in [6.07, 6.45) is 2.33. The molecule has 0 aliphatic carbocycles. The molecule has 22 heavy (non-hydrogen) atoms. The van der Waals surface area contributed by atoms with Crippen molar-refractivity contribution in [2.24, 2.45) is 11.1 Å². The topological polar surface area (TPSA) is 58.4 Å². The molecular weight excluding hydrogens is 274 g/mol. The van der Waals surface area contributed by atoms with E-state index in [9.17, 15) is 4.79 Å². The van der Waals surface area contributed by atoms with Crippen LogP contribution in [-0.4, -0.2) is 36.0 Å². The van der Waals surface area contributed by atoms with Crippen LogP contribution in [0, 0.1) is 5.41 Å². The zero-order valence-electron chi connectivity index (χ0n) is 14.0. The largest absolute Gasteiger partial charge is 0.353 e. The monoisotopic (exact) mass is 303 g/mol. The molecule has 2 rings (SSSR count). The second kappa shape index (κ2) is 7.25. The number of nitrogens with one attached hydrogen (secondary N) is 1. The molecule has 0 radical (unpaired) electrons. The highest BCUT2D eigenvalue weighted by atomic mass is 16.2. The first kappa shape index (κ1) is 17.0. The normalized spacial score (nSPS) is 20.8. The molecule has 1 aromatic rings. The SMILES string of the molecule is CC(C)(C)[C@H](N)C(=O)NCC1CCCN1Cc1ccccc1. The van der Waals surface area contributed by atoms with Gasteiger partial charge in [0.15, 0.2) is 0 Å². The van der Waals surface area contributed by atoms with E-state index in [0.717, 1.165) is 19.5 Å². The Kier molecular flexibility index (Phi) is 5.59. The lowest BCUT2D eigenvalue weighted by Crippen LogP contribution is -2.51. The van der Waals surface area contributed by atoms with Crippen LogP contribution >= 0.6 is 0 Å². The minimum atomic E-state index is -0.462. The lowest BCUT2D eigenvalue weighted by molar-refractivity contribution is -0.124. The summed E-state index contributed by atoms with van der Waals surface area (Å²) >= 11 is 0. The number of carbonyl (C=O) groups excluding carboxylic acids is 1. The van der Waals surface area contributed by atoms with Gasteiger partial charge in [0.25, 0.3) is 0 Å². The Balaban J connectivity index is 1.85. The molecule has 1 fully saturated rings. The van der Waals surface area contributed by atoms with Gasteiger partial charge in [0, 0.05) is 19.1 Å². The van der Waals surface area contributed by atoms with Crippen molar-refractivity contribution in [1.29, 1.82) is 0 Å². The first-order valence-corrected chi connectivity index (χ1v) is 8.19.